The van der Waals surface area contributed by atoms with Crippen LogP contribution < -0.4 is 5.73 Å². The molecule has 0 aliphatic heterocycles. The summed E-state index contributed by atoms with van der Waals surface area (Å²) in [4.78, 5) is 35.3. The number of esters is 2. The molecule has 63 heavy (non-hydrogen) atoms. The third-order valence-electron chi connectivity index (χ3n) is 12.1. The van der Waals surface area contributed by atoms with Gasteiger partial charge in [0.25, 0.3) is 0 Å². The molecular formula is C49H86NO12P. The summed E-state index contributed by atoms with van der Waals surface area (Å²) in [6, 6.07) is 0. The van der Waals surface area contributed by atoms with Gasteiger partial charge in [-0.25, -0.2) is 4.57 Å². The lowest BCUT2D eigenvalue weighted by Crippen LogP contribution is -2.29. The highest BCUT2D eigenvalue weighted by molar-refractivity contribution is 7.47. The van der Waals surface area contributed by atoms with Gasteiger partial charge < -0.3 is 39.8 Å². The Kier molecular flexibility index (Phi) is 30.7. The fraction of sp³-hybridized carbons (Fsp3) is 0.796. The van der Waals surface area contributed by atoms with Crippen molar-refractivity contribution in [2.45, 2.75) is 213 Å². The Labute approximate surface area is 379 Å². The van der Waals surface area contributed by atoms with Crippen molar-refractivity contribution in [2.75, 3.05) is 26.4 Å². The Bertz CT molecular complexity index is 1480. The maximum Gasteiger partial charge on any atom is 0.472 e. The van der Waals surface area contributed by atoms with E-state index in [1.54, 1.807) is 6.08 Å². The normalized spacial score (nSPS) is 19.8. The van der Waals surface area contributed by atoms with Crippen molar-refractivity contribution in [3.05, 3.63) is 47.0 Å². The highest BCUT2D eigenvalue weighted by Gasteiger charge is 2.39. The van der Waals surface area contributed by atoms with Gasteiger partial charge in [0.2, 0.25) is 0 Å². The lowest BCUT2D eigenvalue weighted by atomic mass is 9.89. The molecule has 1 aromatic heterocycles. The van der Waals surface area contributed by atoms with Gasteiger partial charge in [-0.3, -0.25) is 18.6 Å². The van der Waals surface area contributed by atoms with Crippen molar-refractivity contribution >= 4 is 19.8 Å². The van der Waals surface area contributed by atoms with E-state index in [2.05, 4.69) is 27.7 Å². The summed E-state index contributed by atoms with van der Waals surface area (Å²) in [6.45, 7) is 7.69. The smallest absolute Gasteiger partial charge is 0.466 e. The zero-order chi connectivity index (χ0) is 46.3. The van der Waals surface area contributed by atoms with Crippen LogP contribution in [-0.2, 0) is 45.5 Å². The number of hydrogen-bond donors (Lipinski definition) is 5. The summed E-state index contributed by atoms with van der Waals surface area (Å²) in [7, 11) is -4.45. The van der Waals surface area contributed by atoms with Gasteiger partial charge in [-0.15, -0.1) is 0 Å². The first-order valence-electron chi connectivity index (χ1n) is 24.4. The molecule has 7 atom stereocenters. The van der Waals surface area contributed by atoms with Crippen LogP contribution in [0, 0.1) is 25.7 Å². The molecule has 6 N–H and O–H groups in total. The molecule has 1 heterocycles. The van der Waals surface area contributed by atoms with Gasteiger partial charge >= 0.3 is 19.8 Å². The number of furan rings is 1. The number of aliphatic hydroxyl groups is 3. The van der Waals surface area contributed by atoms with Crippen LogP contribution >= 0.6 is 7.82 Å². The highest BCUT2D eigenvalue weighted by atomic mass is 31.2. The molecule has 1 unspecified atom stereocenters. The first kappa shape index (κ1) is 56.8. The second-order valence-corrected chi connectivity index (χ2v) is 19.0. The van der Waals surface area contributed by atoms with E-state index < -0.39 is 50.8 Å². The molecule has 1 fully saturated rings. The second-order valence-electron chi connectivity index (χ2n) is 17.5. The van der Waals surface area contributed by atoms with Crippen molar-refractivity contribution in [2.24, 2.45) is 17.6 Å². The van der Waals surface area contributed by atoms with Crippen molar-refractivity contribution < 1.29 is 57.3 Å². The molecule has 2 rings (SSSR count). The number of nitrogens with two attached hydrogens (primary N) is 1. The average Bonchev–Trinajstić information content (AvgIpc) is 3.68. The van der Waals surface area contributed by atoms with E-state index in [1.807, 2.05) is 18.2 Å². The average molecular weight is 912 g/mol. The SMILES string of the molecule is CCCCCc1oc(CCCCCCCCCCCCC(=O)O[C@H](COC(=O)CCC/C=C/C[C@@H]2[C@@H](/C=C/[C@@H](O)CCCCC)[C@H](O)C[C@@H]2O)COP(=O)(O)OCCN)c(C)c1C. The van der Waals surface area contributed by atoms with E-state index in [9.17, 15) is 34.4 Å². The van der Waals surface area contributed by atoms with Crippen LogP contribution in [0.25, 0.3) is 0 Å². The summed E-state index contributed by atoms with van der Waals surface area (Å²) >= 11 is 0. The minimum Gasteiger partial charge on any atom is -0.466 e. The molecule has 14 heteroatoms. The first-order chi connectivity index (χ1) is 30.3. The minimum absolute atomic E-state index is 0.0135. The van der Waals surface area contributed by atoms with Crippen LogP contribution in [0.3, 0.4) is 0 Å². The van der Waals surface area contributed by atoms with Crippen LogP contribution in [0.4, 0.5) is 0 Å². The fourth-order valence-electron chi connectivity index (χ4n) is 8.10. The number of allylic oxidation sites excluding steroid dienone is 2. The highest BCUT2D eigenvalue weighted by Crippen LogP contribution is 2.43. The van der Waals surface area contributed by atoms with E-state index in [1.165, 1.54) is 67.6 Å². The Morgan fingerprint density at radius 2 is 1.37 bits per heavy atom. The van der Waals surface area contributed by atoms with Gasteiger partial charge in [-0.05, 0) is 75.8 Å². The summed E-state index contributed by atoms with van der Waals surface area (Å²) in [5.74, 6) is 0.903. The molecular weight excluding hydrogens is 826 g/mol. The number of aliphatic hydroxyl groups excluding tert-OH is 3. The lowest BCUT2D eigenvalue weighted by Gasteiger charge is -2.20. The molecule has 0 saturated heterocycles. The maximum atomic E-state index is 12.7. The predicted molar refractivity (Wildman–Crippen MR) is 248 cm³/mol. The topological polar surface area (TPSA) is 208 Å². The quantitative estimate of drug-likeness (QED) is 0.0181. The van der Waals surface area contributed by atoms with Gasteiger partial charge in [0.15, 0.2) is 6.10 Å². The summed E-state index contributed by atoms with van der Waals surface area (Å²) in [5, 5.41) is 31.3. The van der Waals surface area contributed by atoms with Gasteiger partial charge in [0.05, 0.1) is 31.5 Å². The molecule has 0 bridgehead atoms. The summed E-state index contributed by atoms with van der Waals surface area (Å²) in [6.07, 6.45) is 26.9. The van der Waals surface area contributed by atoms with Crippen molar-refractivity contribution in [1.82, 2.24) is 0 Å². The van der Waals surface area contributed by atoms with Gasteiger partial charge in [0, 0.05) is 44.6 Å². The van der Waals surface area contributed by atoms with Gasteiger partial charge in [0.1, 0.15) is 18.1 Å². The zero-order valence-corrected chi connectivity index (χ0v) is 40.3. The Morgan fingerprint density at radius 3 is 2.00 bits per heavy atom. The summed E-state index contributed by atoms with van der Waals surface area (Å²) in [5.41, 5.74) is 8.02. The number of rotatable bonds is 38. The number of carbonyl (C=O) groups excluding carboxylic acids is 2. The van der Waals surface area contributed by atoms with Crippen molar-refractivity contribution in [3.63, 3.8) is 0 Å². The molecule has 1 aromatic rings. The zero-order valence-electron chi connectivity index (χ0n) is 39.4. The van der Waals surface area contributed by atoms with Gasteiger partial charge in [-0.1, -0.05) is 122 Å². The van der Waals surface area contributed by atoms with Crippen LogP contribution in [0.15, 0.2) is 28.7 Å². The van der Waals surface area contributed by atoms with E-state index in [-0.39, 0.29) is 44.4 Å². The van der Waals surface area contributed by atoms with Crippen LogP contribution in [0.5, 0.6) is 0 Å². The maximum absolute atomic E-state index is 12.7. The van der Waals surface area contributed by atoms with E-state index >= 15 is 0 Å². The molecule has 1 aliphatic rings. The molecule has 0 radical (unpaired) electrons. The predicted octanol–water partition coefficient (Wildman–Crippen LogP) is 9.98. The van der Waals surface area contributed by atoms with E-state index in [4.69, 9.17) is 28.7 Å². The minimum atomic E-state index is -4.45. The number of aryl methyl sites for hydroxylation is 2. The molecule has 1 aliphatic carbocycles. The monoisotopic (exact) mass is 912 g/mol. The second kappa shape index (κ2) is 34.0. The molecule has 1 saturated carbocycles. The lowest BCUT2D eigenvalue weighted by molar-refractivity contribution is -0.161. The Balaban J connectivity index is 1.65. The van der Waals surface area contributed by atoms with Crippen LogP contribution in [0.2, 0.25) is 0 Å². The molecule has 13 nitrogen and oxygen atoms in total. The molecule has 0 amide bonds. The number of carbonyl (C=O) groups is 2. The van der Waals surface area contributed by atoms with E-state index in [0.29, 0.717) is 38.5 Å². The third-order valence-corrected chi connectivity index (χ3v) is 13.1. The van der Waals surface area contributed by atoms with Gasteiger partial charge in [-0.2, -0.15) is 0 Å². The summed E-state index contributed by atoms with van der Waals surface area (Å²) < 4.78 is 39.1. The first-order valence-corrected chi connectivity index (χ1v) is 25.9. The fourth-order valence-corrected chi connectivity index (χ4v) is 8.87. The molecule has 364 valence electrons. The largest absolute Gasteiger partial charge is 0.472 e. The van der Waals surface area contributed by atoms with E-state index in [0.717, 1.165) is 64.2 Å². The third kappa shape index (κ3) is 25.2. The van der Waals surface area contributed by atoms with Crippen LogP contribution in [-0.4, -0.2) is 82.9 Å². The van der Waals surface area contributed by atoms with Crippen LogP contribution in [0.1, 0.15) is 184 Å². The van der Waals surface area contributed by atoms with Crippen molar-refractivity contribution in [3.8, 4) is 0 Å². The van der Waals surface area contributed by atoms with Crippen molar-refractivity contribution in [1.29, 1.82) is 0 Å². The Morgan fingerprint density at radius 1 is 0.778 bits per heavy atom. The number of ether oxygens (including phenoxy) is 2. The number of hydrogen-bond acceptors (Lipinski definition) is 12. The standard InChI is InChI=1S/C49H86NO12P/c1-5-7-19-25-40(51)31-32-43-42(44(52)35-45(43)53)26-21-17-18-23-29-48(54)58-36-41(37-60-63(56,57)59-34-33-50)61-49(55)30-24-16-14-12-10-9-11-13-15-22-28-47-39(4)38(3)46(62-47)27-20-8-6-2/h17,21,31-32,40-45,51-53H,5-16,18-20,22-30,33-37,50H2,1-4H3,(H,56,57)/b21-17+,32-31+/t40-,41+,42+,43+,44-,45+/m0/s1. The molecule has 0 aromatic carbocycles. The molecule has 0 spiro atoms. The number of phosphoric ester groups is 1. The Hall–Kier alpha value is -2.35. The number of phosphoric acid groups is 1. The number of unbranched alkanes of at least 4 members (excludes halogenated alkanes) is 14.